The van der Waals surface area contributed by atoms with E-state index in [4.69, 9.17) is 9.47 Å². The number of carbonyl (C=O) groups excluding carboxylic acids is 1. The lowest BCUT2D eigenvalue weighted by molar-refractivity contribution is 0.0508. The van der Waals surface area contributed by atoms with Crippen LogP contribution in [0.2, 0.25) is 0 Å². The Morgan fingerprint density at radius 1 is 1.35 bits per heavy atom. The summed E-state index contributed by atoms with van der Waals surface area (Å²) in [5.41, 5.74) is -0.278. The molecule has 2 rings (SSSR count). The van der Waals surface area contributed by atoms with Crippen molar-refractivity contribution in [2.45, 2.75) is 13.5 Å². The largest absolute Gasteiger partial charge is 0.486 e. The number of hydrogen-bond acceptors (Lipinski definition) is 5. The fraction of sp³-hybridized carbons (Fsp3) is 0.235. The lowest BCUT2D eigenvalue weighted by Gasteiger charge is -2.17. The second-order valence-corrected chi connectivity index (χ2v) is 4.62. The molecule has 23 heavy (non-hydrogen) atoms. The fourth-order valence-electron chi connectivity index (χ4n) is 2.25. The number of hydrogen-bond donors (Lipinski definition) is 0. The van der Waals surface area contributed by atoms with Crippen molar-refractivity contribution in [1.82, 2.24) is 9.55 Å². The molecule has 120 valence electrons. The molecule has 0 aromatic carbocycles. The molecular formula is C17H18N2O4. The van der Waals surface area contributed by atoms with Gasteiger partial charge in [0.25, 0.3) is 5.56 Å². The lowest BCUT2D eigenvalue weighted by atomic mass is 10.1. The first kappa shape index (κ1) is 16.5. The van der Waals surface area contributed by atoms with Gasteiger partial charge in [-0.2, -0.15) is 0 Å². The van der Waals surface area contributed by atoms with Crippen molar-refractivity contribution in [1.29, 1.82) is 0 Å². The van der Waals surface area contributed by atoms with E-state index in [0.717, 1.165) is 0 Å². The van der Waals surface area contributed by atoms with Crippen LogP contribution < -0.4 is 10.3 Å². The third kappa shape index (κ3) is 3.15. The van der Waals surface area contributed by atoms with Crippen molar-refractivity contribution in [3.8, 4) is 5.75 Å². The summed E-state index contributed by atoms with van der Waals surface area (Å²) in [5.74, 6) is -0.341. The molecule has 0 saturated carbocycles. The first-order valence-corrected chi connectivity index (χ1v) is 7.17. The van der Waals surface area contributed by atoms with Crippen LogP contribution in [0.15, 0.2) is 48.6 Å². The van der Waals surface area contributed by atoms with Crippen molar-refractivity contribution < 1.29 is 14.3 Å². The van der Waals surface area contributed by atoms with E-state index in [9.17, 15) is 9.59 Å². The minimum absolute atomic E-state index is 0.0669. The Kier molecular flexibility index (Phi) is 5.30. The zero-order valence-corrected chi connectivity index (χ0v) is 12.9. The van der Waals surface area contributed by atoms with Crippen LogP contribution in [0.4, 0.5) is 0 Å². The molecule has 2 aromatic heterocycles. The molecule has 0 fully saturated rings. The average Bonchev–Trinajstić information content (AvgIpc) is 2.56. The van der Waals surface area contributed by atoms with E-state index >= 15 is 0 Å². The van der Waals surface area contributed by atoms with Gasteiger partial charge in [-0.05, 0) is 13.0 Å². The molecular weight excluding hydrogens is 296 g/mol. The van der Waals surface area contributed by atoms with Crippen LogP contribution in [0.3, 0.4) is 0 Å². The Labute approximate surface area is 133 Å². The van der Waals surface area contributed by atoms with Gasteiger partial charge in [-0.1, -0.05) is 18.7 Å². The van der Waals surface area contributed by atoms with E-state index in [1.54, 1.807) is 19.1 Å². The Balaban J connectivity index is 2.86. The van der Waals surface area contributed by atoms with Crippen molar-refractivity contribution >= 4 is 16.7 Å². The minimum atomic E-state index is -0.621. The van der Waals surface area contributed by atoms with Gasteiger partial charge in [0, 0.05) is 24.3 Å². The normalized spacial score (nSPS) is 10.3. The van der Waals surface area contributed by atoms with Crippen molar-refractivity contribution in [3.05, 3.63) is 59.8 Å². The van der Waals surface area contributed by atoms with Crippen LogP contribution in [0.25, 0.3) is 10.8 Å². The number of pyridine rings is 2. The molecule has 2 heterocycles. The van der Waals surface area contributed by atoms with E-state index in [2.05, 4.69) is 18.1 Å². The standard InChI is InChI=1S/C17H18N2O4/c1-4-9-19-14(17(21)22-6-3)15(23-10-5-2)12-7-8-18-11-13(12)16(19)20/h4-5,7-8,11H,1-2,6,9-10H2,3H3. The molecule has 0 N–H and O–H groups in total. The number of allylic oxidation sites excluding steroid dienone is 1. The average molecular weight is 314 g/mol. The van der Waals surface area contributed by atoms with Crippen LogP contribution in [0.5, 0.6) is 5.75 Å². The Hall–Kier alpha value is -2.89. The molecule has 0 spiro atoms. The summed E-state index contributed by atoms with van der Waals surface area (Å²) in [6.07, 6.45) is 6.08. The van der Waals surface area contributed by atoms with Crippen LogP contribution in [-0.2, 0) is 11.3 Å². The maximum Gasteiger partial charge on any atom is 0.358 e. The monoisotopic (exact) mass is 314 g/mol. The van der Waals surface area contributed by atoms with Crippen molar-refractivity contribution in [2.24, 2.45) is 0 Å². The molecule has 2 aromatic rings. The molecule has 6 heteroatoms. The van der Waals surface area contributed by atoms with Gasteiger partial charge in [0.05, 0.1) is 12.0 Å². The smallest absolute Gasteiger partial charge is 0.358 e. The second-order valence-electron chi connectivity index (χ2n) is 4.62. The highest BCUT2D eigenvalue weighted by Crippen LogP contribution is 2.28. The molecule has 0 unspecified atom stereocenters. The van der Waals surface area contributed by atoms with Crippen molar-refractivity contribution in [3.63, 3.8) is 0 Å². The Morgan fingerprint density at radius 2 is 2.13 bits per heavy atom. The zero-order chi connectivity index (χ0) is 16.8. The SMILES string of the molecule is C=CCOc1c(C(=O)OCC)n(CC=C)c(=O)c2cnccc12. The predicted octanol–water partition coefficient (Wildman–Crippen LogP) is 2.32. The molecule has 0 atom stereocenters. The first-order chi connectivity index (χ1) is 11.2. The maximum atomic E-state index is 12.7. The van der Waals surface area contributed by atoms with Gasteiger partial charge in [0.2, 0.25) is 0 Å². The predicted molar refractivity (Wildman–Crippen MR) is 87.8 cm³/mol. The second kappa shape index (κ2) is 7.40. The molecule has 0 aliphatic heterocycles. The summed E-state index contributed by atoms with van der Waals surface area (Å²) in [4.78, 5) is 29.0. The van der Waals surface area contributed by atoms with E-state index < -0.39 is 5.97 Å². The molecule has 0 aliphatic rings. The number of ether oxygens (including phenoxy) is 2. The third-order valence-corrected chi connectivity index (χ3v) is 3.15. The molecule has 0 aliphatic carbocycles. The van der Waals surface area contributed by atoms with Crippen molar-refractivity contribution in [2.75, 3.05) is 13.2 Å². The summed E-state index contributed by atoms with van der Waals surface area (Å²) < 4.78 is 12.0. The number of esters is 1. The van der Waals surface area contributed by atoms with E-state index in [1.807, 2.05) is 0 Å². The minimum Gasteiger partial charge on any atom is -0.486 e. The van der Waals surface area contributed by atoms with Gasteiger partial charge in [0.15, 0.2) is 11.4 Å². The van der Waals surface area contributed by atoms with Gasteiger partial charge >= 0.3 is 5.97 Å². The van der Waals surface area contributed by atoms with E-state index in [1.165, 1.54) is 23.0 Å². The maximum absolute atomic E-state index is 12.7. The summed E-state index contributed by atoms with van der Waals surface area (Å²) in [6.45, 7) is 9.47. The number of rotatable bonds is 7. The summed E-state index contributed by atoms with van der Waals surface area (Å²) in [6, 6.07) is 1.64. The quantitative estimate of drug-likeness (QED) is 0.579. The van der Waals surface area contributed by atoms with Crippen LogP contribution in [0.1, 0.15) is 17.4 Å². The molecule has 6 nitrogen and oxygen atoms in total. The fourth-order valence-corrected chi connectivity index (χ4v) is 2.25. The number of fused-ring (bicyclic) bond motifs is 1. The summed E-state index contributed by atoms with van der Waals surface area (Å²) >= 11 is 0. The highest BCUT2D eigenvalue weighted by Gasteiger charge is 2.24. The lowest BCUT2D eigenvalue weighted by Crippen LogP contribution is -2.28. The van der Waals surface area contributed by atoms with Crippen LogP contribution in [-0.4, -0.2) is 28.7 Å². The third-order valence-electron chi connectivity index (χ3n) is 3.15. The number of aromatic nitrogens is 2. The topological polar surface area (TPSA) is 70.4 Å². The van der Waals surface area contributed by atoms with Gasteiger partial charge in [-0.25, -0.2) is 4.79 Å². The van der Waals surface area contributed by atoms with Crippen LogP contribution >= 0.6 is 0 Å². The van der Waals surface area contributed by atoms with Gasteiger partial charge in [0.1, 0.15) is 6.61 Å². The first-order valence-electron chi connectivity index (χ1n) is 7.17. The van der Waals surface area contributed by atoms with E-state index in [-0.39, 0.29) is 36.8 Å². The molecule has 0 bridgehead atoms. The number of carbonyl (C=O) groups is 1. The highest BCUT2D eigenvalue weighted by atomic mass is 16.5. The number of nitrogens with zero attached hydrogens (tertiary/aromatic N) is 2. The van der Waals surface area contributed by atoms with Gasteiger partial charge < -0.3 is 9.47 Å². The molecule has 0 amide bonds. The Bertz CT molecular complexity index is 808. The van der Waals surface area contributed by atoms with Gasteiger partial charge in [-0.3, -0.25) is 14.3 Å². The Morgan fingerprint density at radius 3 is 2.78 bits per heavy atom. The van der Waals surface area contributed by atoms with Crippen LogP contribution in [0, 0.1) is 0 Å². The molecule has 0 radical (unpaired) electrons. The zero-order valence-electron chi connectivity index (χ0n) is 12.9. The summed E-state index contributed by atoms with van der Waals surface area (Å²) in [7, 11) is 0. The van der Waals surface area contributed by atoms with Gasteiger partial charge in [-0.15, -0.1) is 6.58 Å². The highest BCUT2D eigenvalue weighted by molar-refractivity contribution is 5.99. The molecule has 0 saturated heterocycles. The summed E-state index contributed by atoms with van der Waals surface area (Å²) in [5, 5.41) is 0.872. The van der Waals surface area contributed by atoms with E-state index in [0.29, 0.717) is 10.8 Å².